The predicted molar refractivity (Wildman–Crippen MR) is 89.3 cm³/mol. The van der Waals surface area contributed by atoms with Crippen LogP contribution in [0.1, 0.15) is 16.5 Å². The molecule has 3 rings (SSSR count). The molecule has 1 aromatic carbocycles. The first-order chi connectivity index (χ1) is 10.7. The van der Waals surface area contributed by atoms with E-state index in [2.05, 4.69) is 54.2 Å². The third-order valence-corrected chi connectivity index (χ3v) is 5.06. The molecule has 0 spiro atoms. The molecule has 2 aromatic rings. The third-order valence-electron chi connectivity index (χ3n) is 3.81. The lowest BCUT2D eigenvalue weighted by Gasteiger charge is -2.22. The zero-order valence-corrected chi connectivity index (χ0v) is 13.7. The molecule has 1 aliphatic rings. The molecule has 0 N–H and O–H groups in total. The van der Waals surface area contributed by atoms with Gasteiger partial charge in [0.2, 0.25) is 5.91 Å². The average molecular weight is 316 g/mol. The number of benzene rings is 1. The molecule has 116 valence electrons. The van der Waals surface area contributed by atoms with Crippen LogP contribution in [-0.4, -0.2) is 41.4 Å². The van der Waals surface area contributed by atoms with Gasteiger partial charge in [-0.05, 0) is 30.7 Å². The van der Waals surface area contributed by atoms with Gasteiger partial charge in [-0.15, -0.1) is 11.8 Å². The van der Waals surface area contributed by atoms with E-state index < -0.39 is 0 Å². The van der Waals surface area contributed by atoms with Crippen molar-refractivity contribution in [3.05, 3.63) is 53.9 Å². The summed E-state index contributed by atoms with van der Waals surface area (Å²) in [7, 11) is 1.66. The lowest BCUT2D eigenvalue weighted by molar-refractivity contribution is -0.128. The van der Waals surface area contributed by atoms with Crippen LogP contribution in [0, 0.1) is 6.92 Å². The molecule has 1 aromatic heterocycles. The predicted octanol–water partition coefficient (Wildman–Crippen LogP) is 3.01. The van der Waals surface area contributed by atoms with Crippen LogP contribution in [0.2, 0.25) is 0 Å². The quantitative estimate of drug-likeness (QED) is 0.850. The zero-order chi connectivity index (χ0) is 15.5. The fourth-order valence-electron chi connectivity index (χ4n) is 2.67. The van der Waals surface area contributed by atoms with E-state index in [0.717, 1.165) is 11.3 Å². The van der Waals surface area contributed by atoms with E-state index in [4.69, 9.17) is 4.74 Å². The van der Waals surface area contributed by atoms with E-state index >= 15 is 0 Å². The molecule has 5 heteroatoms. The number of aromatic nitrogens is 1. The number of carbonyl (C=O) groups is 1. The molecule has 0 aliphatic carbocycles. The number of thioether (sulfide) groups is 1. The highest BCUT2D eigenvalue weighted by Gasteiger charge is 2.32. The minimum atomic E-state index is 0.0914. The number of hydrogen-bond donors (Lipinski definition) is 0. The monoisotopic (exact) mass is 316 g/mol. The Hall–Kier alpha value is -1.72. The second-order valence-electron chi connectivity index (χ2n) is 5.43. The van der Waals surface area contributed by atoms with Gasteiger partial charge in [0.25, 0.3) is 0 Å². The third kappa shape index (κ3) is 3.05. The van der Waals surface area contributed by atoms with Crippen molar-refractivity contribution in [3.63, 3.8) is 0 Å². The van der Waals surface area contributed by atoms with E-state index in [1.807, 2.05) is 4.90 Å². The molecule has 1 aliphatic heterocycles. The maximum Gasteiger partial charge on any atom is 0.233 e. The van der Waals surface area contributed by atoms with E-state index in [0.29, 0.717) is 18.9 Å². The normalized spacial score (nSPS) is 18.2. The van der Waals surface area contributed by atoms with Gasteiger partial charge in [0.15, 0.2) is 0 Å². The Bertz CT molecular complexity index is 668. The van der Waals surface area contributed by atoms with E-state index in [9.17, 15) is 4.79 Å². The maximum absolute atomic E-state index is 12.0. The number of ether oxygens (including phenoxy) is 1. The summed E-state index contributed by atoms with van der Waals surface area (Å²) in [4.78, 5) is 13.9. The van der Waals surface area contributed by atoms with Crippen molar-refractivity contribution in [1.82, 2.24) is 9.47 Å². The van der Waals surface area contributed by atoms with Crippen molar-refractivity contribution >= 4 is 17.7 Å². The molecule has 22 heavy (non-hydrogen) atoms. The van der Waals surface area contributed by atoms with Crippen molar-refractivity contribution in [1.29, 1.82) is 0 Å². The Kier molecular flexibility index (Phi) is 4.55. The fraction of sp³-hybridized carbons (Fsp3) is 0.353. The van der Waals surface area contributed by atoms with Crippen molar-refractivity contribution in [2.75, 3.05) is 26.0 Å². The number of rotatable bonds is 5. The number of aryl methyl sites for hydroxylation is 1. The van der Waals surface area contributed by atoms with Gasteiger partial charge in [-0.2, -0.15) is 0 Å². The molecule has 0 saturated carbocycles. The topological polar surface area (TPSA) is 34.5 Å². The minimum Gasteiger partial charge on any atom is -0.383 e. The van der Waals surface area contributed by atoms with Gasteiger partial charge in [-0.3, -0.25) is 4.79 Å². The lowest BCUT2D eigenvalue weighted by Crippen LogP contribution is -2.31. The number of nitrogens with zero attached hydrogens (tertiary/aromatic N) is 2. The highest BCUT2D eigenvalue weighted by molar-refractivity contribution is 8.00. The number of hydrogen-bond acceptors (Lipinski definition) is 3. The molecule has 1 fully saturated rings. The molecule has 2 heterocycles. The minimum absolute atomic E-state index is 0.0914. The summed E-state index contributed by atoms with van der Waals surface area (Å²) in [5.74, 6) is 0.736. The standard InChI is InChI=1S/C17H20N2O2S/c1-13-4-3-5-15(10-13)18-7-6-14(11-18)17-19(8-9-21-2)16(20)12-22-17/h3-7,10-11,17H,8-9,12H2,1-2H3. The molecule has 0 bridgehead atoms. The molecular weight excluding hydrogens is 296 g/mol. The van der Waals surface area contributed by atoms with Gasteiger partial charge in [0, 0.05) is 37.3 Å². The lowest BCUT2D eigenvalue weighted by atomic mass is 10.2. The summed E-state index contributed by atoms with van der Waals surface area (Å²) < 4.78 is 7.23. The Morgan fingerprint density at radius 1 is 1.36 bits per heavy atom. The van der Waals surface area contributed by atoms with Gasteiger partial charge >= 0.3 is 0 Å². The van der Waals surface area contributed by atoms with Crippen molar-refractivity contribution in [2.45, 2.75) is 12.3 Å². The van der Waals surface area contributed by atoms with Gasteiger partial charge < -0.3 is 14.2 Å². The second-order valence-corrected chi connectivity index (χ2v) is 6.50. The number of carbonyl (C=O) groups excluding carboxylic acids is 1. The highest BCUT2D eigenvalue weighted by Crippen LogP contribution is 2.38. The van der Waals surface area contributed by atoms with Crippen LogP contribution in [0.3, 0.4) is 0 Å². The molecular formula is C17H20N2O2S. The van der Waals surface area contributed by atoms with Crippen LogP contribution >= 0.6 is 11.8 Å². The molecule has 1 atom stereocenters. The summed E-state index contributed by atoms with van der Waals surface area (Å²) in [6.45, 7) is 3.30. The molecule has 4 nitrogen and oxygen atoms in total. The Labute approximate surface area is 135 Å². The van der Waals surface area contributed by atoms with Crippen LogP contribution < -0.4 is 0 Å². The largest absolute Gasteiger partial charge is 0.383 e. The zero-order valence-electron chi connectivity index (χ0n) is 12.9. The van der Waals surface area contributed by atoms with Crippen LogP contribution in [0.25, 0.3) is 5.69 Å². The molecule has 0 radical (unpaired) electrons. The summed E-state index contributed by atoms with van der Waals surface area (Å²) >= 11 is 1.68. The highest BCUT2D eigenvalue weighted by atomic mass is 32.2. The second kappa shape index (κ2) is 6.58. The first-order valence-electron chi connectivity index (χ1n) is 7.34. The fourth-order valence-corrected chi connectivity index (χ4v) is 3.87. The summed E-state index contributed by atoms with van der Waals surface area (Å²) in [5.41, 5.74) is 3.54. The van der Waals surface area contributed by atoms with E-state index in [1.165, 1.54) is 5.56 Å². The van der Waals surface area contributed by atoms with Gasteiger partial charge in [0.1, 0.15) is 5.37 Å². The van der Waals surface area contributed by atoms with Crippen LogP contribution in [0.4, 0.5) is 0 Å². The molecule has 1 saturated heterocycles. The van der Waals surface area contributed by atoms with Crippen molar-refractivity contribution < 1.29 is 9.53 Å². The van der Waals surface area contributed by atoms with Crippen molar-refractivity contribution in [2.24, 2.45) is 0 Å². The van der Waals surface area contributed by atoms with E-state index in [-0.39, 0.29) is 11.3 Å². The number of amides is 1. The first-order valence-corrected chi connectivity index (χ1v) is 8.39. The van der Waals surface area contributed by atoms with Crippen LogP contribution in [0.5, 0.6) is 0 Å². The van der Waals surface area contributed by atoms with Crippen LogP contribution in [-0.2, 0) is 9.53 Å². The van der Waals surface area contributed by atoms with Gasteiger partial charge in [-0.1, -0.05) is 12.1 Å². The summed E-state index contributed by atoms with van der Waals surface area (Å²) in [5, 5.41) is 0.0914. The Morgan fingerprint density at radius 2 is 2.23 bits per heavy atom. The average Bonchev–Trinajstić information content (AvgIpc) is 3.12. The summed E-state index contributed by atoms with van der Waals surface area (Å²) in [6.07, 6.45) is 4.17. The SMILES string of the molecule is COCCN1C(=O)CSC1c1ccn(-c2cccc(C)c2)c1. The van der Waals surface area contributed by atoms with Crippen molar-refractivity contribution in [3.8, 4) is 5.69 Å². The summed E-state index contributed by atoms with van der Waals surface area (Å²) in [6, 6.07) is 10.5. The Balaban J connectivity index is 1.82. The smallest absolute Gasteiger partial charge is 0.233 e. The van der Waals surface area contributed by atoms with Crippen LogP contribution in [0.15, 0.2) is 42.7 Å². The van der Waals surface area contributed by atoms with Gasteiger partial charge in [0.05, 0.1) is 12.4 Å². The van der Waals surface area contributed by atoms with E-state index in [1.54, 1.807) is 18.9 Å². The molecule has 1 amide bonds. The maximum atomic E-state index is 12.0. The number of methoxy groups -OCH3 is 1. The molecule has 1 unspecified atom stereocenters. The van der Waals surface area contributed by atoms with Gasteiger partial charge in [-0.25, -0.2) is 0 Å². The first kappa shape index (κ1) is 15.2. The Morgan fingerprint density at radius 3 is 3.00 bits per heavy atom.